The number of ether oxygens (including phenoxy) is 1. The van der Waals surface area contributed by atoms with E-state index in [1.165, 1.54) is 21.9 Å². The first-order valence-corrected chi connectivity index (χ1v) is 11.9. The molecule has 0 bridgehead atoms. The first-order chi connectivity index (χ1) is 15.8. The van der Waals surface area contributed by atoms with Crippen molar-refractivity contribution in [3.63, 3.8) is 0 Å². The van der Waals surface area contributed by atoms with Crippen LogP contribution in [0.5, 0.6) is 5.75 Å². The number of anilines is 1. The fourth-order valence-electron chi connectivity index (χ4n) is 5.01. The third-order valence-electron chi connectivity index (χ3n) is 6.46. The molecular weight excluding hydrogens is 434 g/mol. The second-order valence-electron chi connectivity index (χ2n) is 8.92. The molecule has 172 valence electrons. The van der Waals surface area contributed by atoms with Crippen LogP contribution in [-0.2, 0) is 11.8 Å². The van der Waals surface area contributed by atoms with Crippen LogP contribution in [0.15, 0.2) is 37.1 Å². The number of likely N-dealkylation sites (tertiary alicyclic amines) is 1. The van der Waals surface area contributed by atoms with Crippen LogP contribution in [-0.4, -0.2) is 59.4 Å². The average Bonchev–Trinajstić information content (AvgIpc) is 3.54. The van der Waals surface area contributed by atoms with Crippen LogP contribution in [0, 0.1) is 6.92 Å². The summed E-state index contributed by atoms with van der Waals surface area (Å²) in [4.78, 5) is 17.3. The summed E-state index contributed by atoms with van der Waals surface area (Å²) in [6.07, 6.45) is 4.52. The van der Waals surface area contributed by atoms with Crippen LogP contribution in [0.1, 0.15) is 18.0 Å². The van der Waals surface area contributed by atoms with E-state index < -0.39 is 0 Å². The van der Waals surface area contributed by atoms with Gasteiger partial charge >= 0.3 is 0 Å². The first kappa shape index (κ1) is 21.6. The Bertz CT molecular complexity index is 1390. The summed E-state index contributed by atoms with van der Waals surface area (Å²) in [7, 11) is 7.82. The van der Waals surface area contributed by atoms with Gasteiger partial charge in [-0.1, -0.05) is 12.6 Å². The van der Waals surface area contributed by atoms with E-state index in [4.69, 9.17) is 9.84 Å². The molecule has 5 rings (SSSR count). The Hall–Kier alpha value is -3.26. The van der Waals surface area contributed by atoms with Gasteiger partial charge in [-0.25, -0.2) is 0 Å². The van der Waals surface area contributed by atoms with Gasteiger partial charge in [0.15, 0.2) is 5.65 Å². The maximum atomic E-state index is 12.2. The van der Waals surface area contributed by atoms with E-state index in [-0.39, 0.29) is 11.9 Å². The zero-order valence-corrected chi connectivity index (χ0v) is 20.6. The number of nitrogens with zero attached hydrogens (tertiary/aromatic N) is 5. The number of amides is 1. The summed E-state index contributed by atoms with van der Waals surface area (Å²) >= 11 is 1.75. The van der Waals surface area contributed by atoms with E-state index in [2.05, 4.69) is 61.5 Å². The van der Waals surface area contributed by atoms with Crippen molar-refractivity contribution in [2.75, 3.05) is 39.2 Å². The molecule has 1 aromatic carbocycles. The number of aryl methyl sites for hydroxylation is 2. The molecule has 1 unspecified atom stereocenters. The van der Waals surface area contributed by atoms with Gasteiger partial charge in [-0.15, -0.1) is 11.3 Å². The number of carbonyl (C=O) groups excluding carboxylic acids is 1. The fraction of sp³-hybridized carbons (Fsp3) is 0.360. The van der Waals surface area contributed by atoms with E-state index in [1.807, 2.05) is 16.6 Å². The number of carbonyl (C=O) groups is 1. The minimum atomic E-state index is -0.0110. The molecule has 0 radical (unpaired) electrons. The molecule has 1 atom stereocenters. The second kappa shape index (κ2) is 7.95. The monoisotopic (exact) mass is 463 g/mol. The maximum absolute atomic E-state index is 12.2. The molecule has 7 nitrogen and oxygen atoms in total. The number of hydrogen-bond acceptors (Lipinski definition) is 5. The Balaban J connectivity index is 1.70. The molecule has 4 aromatic rings. The second-order valence-corrected chi connectivity index (χ2v) is 9.97. The van der Waals surface area contributed by atoms with E-state index >= 15 is 0 Å². The van der Waals surface area contributed by atoms with E-state index in [1.54, 1.807) is 18.4 Å². The Morgan fingerprint density at radius 3 is 2.82 bits per heavy atom. The van der Waals surface area contributed by atoms with Gasteiger partial charge in [0.1, 0.15) is 11.6 Å². The lowest BCUT2D eigenvalue weighted by Crippen LogP contribution is -2.27. The van der Waals surface area contributed by atoms with Gasteiger partial charge in [-0.3, -0.25) is 9.48 Å². The lowest BCUT2D eigenvalue weighted by Gasteiger charge is -2.15. The van der Waals surface area contributed by atoms with Gasteiger partial charge in [0.25, 0.3) is 0 Å². The average molecular weight is 464 g/mol. The Morgan fingerprint density at radius 2 is 2.12 bits per heavy atom. The minimum Gasteiger partial charge on any atom is -0.495 e. The first-order valence-electron chi connectivity index (χ1n) is 11.1. The standard InChI is InChI=1S/C25H29N5O2S/c1-7-21(31)29-9-8-17(13-29)30-14-18(22-24(30)26-28(5)25(22)27(3)4)20-12-16-10-15(2)11-19(32-6)23(16)33-20/h7,10-12,14,17H,1,8-9,13H2,2-6H3. The zero-order valence-electron chi connectivity index (χ0n) is 19.8. The highest BCUT2D eigenvalue weighted by Gasteiger charge is 2.30. The SMILES string of the molecule is C=CC(=O)N1CCC(n2cc(-c3cc4cc(C)cc(OC)c4s3)c3c(N(C)C)n(C)nc32)C1. The number of benzene rings is 1. The molecule has 1 amide bonds. The van der Waals surface area contributed by atoms with Crippen molar-refractivity contribution in [2.24, 2.45) is 7.05 Å². The smallest absolute Gasteiger partial charge is 0.246 e. The molecule has 0 spiro atoms. The summed E-state index contributed by atoms with van der Waals surface area (Å²) in [6.45, 7) is 7.14. The van der Waals surface area contributed by atoms with Crippen LogP contribution in [0.2, 0.25) is 0 Å². The summed E-state index contributed by atoms with van der Waals surface area (Å²) in [5.74, 6) is 1.96. The number of aromatic nitrogens is 3. The Labute approximate surface area is 197 Å². The van der Waals surface area contributed by atoms with E-state index in [0.29, 0.717) is 6.54 Å². The molecule has 0 saturated carbocycles. The van der Waals surface area contributed by atoms with Gasteiger partial charge < -0.3 is 19.1 Å². The highest BCUT2D eigenvalue weighted by atomic mass is 32.1. The highest BCUT2D eigenvalue weighted by Crippen LogP contribution is 2.45. The van der Waals surface area contributed by atoms with E-state index in [0.717, 1.165) is 45.8 Å². The van der Waals surface area contributed by atoms with Gasteiger partial charge in [0, 0.05) is 50.9 Å². The summed E-state index contributed by atoms with van der Waals surface area (Å²) in [6, 6.07) is 6.73. The van der Waals surface area contributed by atoms with E-state index in [9.17, 15) is 4.79 Å². The molecule has 8 heteroatoms. The normalized spacial score (nSPS) is 16.2. The van der Waals surface area contributed by atoms with Crippen molar-refractivity contribution in [3.8, 4) is 16.2 Å². The van der Waals surface area contributed by atoms with Gasteiger partial charge in [-0.2, -0.15) is 5.10 Å². The maximum Gasteiger partial charge on any atom is 0.246 e. The Morgan fingerprint density at radius 1 is 1.33 bits per heavy atom. The molecule has 3 aromatic heterocycles. The minimum absolute atomic E-state index is 0.0110. The molecule has 1 aliphatic heterocycles. The summed E-state index contributed by atoms with van der Waals surface area (Å²) in [5.41, 5.74) is 3.30. The topological polar surface area (TPSA) is 55.5 Å². The number of fused-ring (bicyclic) bond motifs is 2. The molecule has 1 fully saturated rings. The van der Waals surface area contributed by atoms with Gasteiger partial charge in [0.05, 0.1) is 23.2 Å². The summed E-state index contributed by atoms with van der Waals surface area (Å²) in [5, 5.41) is 7.24. The van der Waals surface area contributed by atoms with Gasteiger partial charge in [0.2, 0.25) is 5.91 Å². The van der Waals surface area contributed by atoms with Crippen LogP contribution in [0.3, 0.4) is 0 Å². The van der Waals surface area contributed by atoms with Crippen molar-refractivity contribution in [3.05, 3.63) is 42.6 Å². The Kier molecular flexibility index (Phi) is 5.20. The third kappa shape index (κ3) is 3.40. The van der Waals surface area contributed by atoms with Crippen molar-refractivity contribution in [2.45, 2.75) is 19.4 Å². The number of thiophene rings is 1. The lowest BCUT2D eigenvalue weighted by atomic mass is 10.1. The number of hydrogen-bond donors (Lipinski definition) is 0. The zero-order chi connectivity index (χ0) is 23.4. The van der Waals surface area contributed by atoms with Crippen molar-refractivity contribution in [1.82, 2.24) is 19.2 Å². The van der Waals surface area contributed by atoms with Crippen LogP contribution < -0.4 is 9.64 Å². The highest BCUT2D eigenvalue weighted by molar-refractivity contribution is 7.22. The molecule has 1 saturated heterocycles. The summed E-state index contributed by atoms with van der Waals surface area (Å²) < 4.78 is 11.0. The largest absolute Gasteiger partial charge is 0.495 e. The predicted octanol–water partition coefficient (Wildman–Crippen LogP) is 4.60. The van der Waals surface area contributed by atoms with Crippen molar-refractivity contribution in [1.29, 1.82) is 0 Å². The van der Waals surface area contributed by atoms with Crippen LogP contribution in [0.25, 0.3) is 31.6 Å². The fourth-order valence-corrected chi connectivity index (χ4v) is 6.16. The number of methoxy groups -OCH3 is 1. The molecule has 4 heterocycles. The van der Waals surface area contributed by atoms with Gasteiger partial charge in [-0.05, 0) is 42.5 Å². The molecule has 0 aliphatic carbocycles. The van der Waals surface area contributed by atoms with Crippen LogP contribution >= 0.6 is 11.3 Å². The number of rotatable bonds is 5. The molecule has 1 aliphatic rings. The van der Waals surface area contributed by atoms with Crippen molar-refractivity contribution >= 4 is 44.2 Å². The molecule has 0 N–H and O–H groups in total. The van der Waals surface area contributed by atoms with Crippen molar-refractivity contribution < 1.29 is 9.53 Å². The third-order valence-corrected chi connectivity index (χ3v) is 7.66. The molecular formula is C25H29N5O2S. The quantitative estimate of drug-likeness (QED) is 0.406. The molecule has 33 heavy (non-hydrogen) atoms. The van der Waals surface area contributed by atoms with Crippen LogP contribution in [0.4, 0.5) is 5.82 Å². The lowest BCUT2D eigenvalue weighted by molar-refractivity contribution is -0.125. The predicted molar refractivity (Wildman–Crippen MR) is 136 cm³/mol.